The summed E-state index contributed by atoms with van der Waals surface area (Å²) in [7, 11) is 0. The van der Waals surface area contributed by atoms with Crippen molar-refractivity contribution in [2.75, 3.05) is 11.9 Å². The average Bonchev–Trinajstić information content (AvgIpc) is 2.47. The number of carbonyl (C=O) groups excluding carboxylic acids is 1. The maximum absolute atomic E-state index is 11.3. The predicted molar refractivity (Wildman–Crippen MR) is 82.8 cm³/mol. The molecule has 0 spiro atoms. The lowest BCUT2D eigenvalue weighted by atomic mass is 9.85. The van der Waals surface area contributed by atoms with E-state index in [4.69, 9.17) is 10.5 Å². The van der Waals surface area contributed by atoms with Crippen LogP contribution in [0.1, 0.15) is 32.6 Å². The van der Waals surface area contributed by atoms with Crippen LogP contribution in [0.4, 0.5) is 11.4 Å². The second kappa shape index (κ2) is 7.11. The van der Waals surface area contributed by atoms with Crippen molar-refractivity contribution in [2.24, 2.45) is 11.7 Å². The molecule has 0 bridgehead atoms. The summed E-state index contributed by atoms with van der Waals surface area (Å²) in [6, 6.07) is 4.96. The molecule has 0 saturated heterocycles. The fourth-order valence-electron chi connectivity index (χ4n) is 2.90. The van der Waals surface area contributed by atoms with E-state index < -0.39 is 4.92 Å². The van der Waals surface area contributed by atoms with E-state index in [0.717, 1.165) is 19.3 Å². The summed E-state index contributed by atoms with van der Waals surface area (Å²) in [5.74, 6) is -0.218. The highest BCUT2D eigenvalue weighted by atomic mass is 16.6. The Bertz CT molecular complexity index is 562. The molecule has 2 rings (SSSR count). The minimum atomic E-state index is -0.443. The second-order valence-corrected chi connectivity index (χ2v) is 5.45. The predicted octanol–water partition coefficient (Wildman–Crippen LogP) is 2.45. The Morgan fingerprint density at radius 2 is 2.27 bits per heavy atom. The highest BCUT2D eigenvalue weighted by Gasteiger charge is 2.28. The van der Waals surface area contributed by atoms with Crippen molar-refractivity contribution in [3.05, 3.63) is 28.3 Å². The van der Waals surface area contributed by atoms with Gasteiger partial charge in [0.25, 0.3) is 0 Å². The lowest BCUT2D eigenvalue weighted by molar-refractivity contribution is -0.385. The molecule has 7 nitrogen and oxygen atoms in total. The molecule has 0 aromatic heterocycles. The molecule has 22 heavy (non-hydrogen) atoms. The summed E-state index contributed by atoms with van der Waals surface area (Å²) < 4.78 is 5.33. The summed E-state index contributed by atoms with van der Waals surface area (Å²) in [5.41, 5.74) is 5.73. The maximum atomic E-state index is 11.3. The third kappa shape index (κ3) is 3.66. The van der Waals surface area contributed by atoms with Crippen LogP contribution in [0.3, 0.4) is 0 Å². The van der Waals surface area contributed by atoms with Gasteiger partial charge in [-0.05, 0) is 38.3 Å². The lowest BCUT2D eigenvalue weighted by Gasteiger charge is -2.28. The highest BCUT2D eigenvalue weighted by molar-refractivity contribution is 5.77. The van der Waals surface area contributed by atoms with E-state index in [9.17, 15) is 14.9 Å². The zero-order valence-corrected chi connectivity index (χ0v) is 12.6. The molecule has 1 saturated carbocycles. The first-order valence-corrected chi connectivity index (χ1v) is 7.49. The van der Waals surface area contributed by atoms with E-state index in [0.29, 0.717) is 18.7 Å². The summed E-state index contributed by atoms with van der Waals surface area (Å²) in [4.78, 5) is 22.2. The van der Waals surface area contributed by atoms with Gasteiger partial charge in [0.15, 0.2) is 5.75 Å². The molecule has 3 N–H and O–H groups in total. The maximum Gasteiger partial charge on any atom is 0.333 e. The van der Waals surface area contributed by atoms with Gasteiger partial charge in [-0.25, -0.2) is 0 Å². The Labute approximate surface area is 129 Å². The van der Waals surface area contributed by atoms with Gasteiger partial charge in [-0.1, -0.05) is 12.5 Å². The van der Waals surface area contributed by atoms with Crippen LogP contribution in [-0.4, -0.2) is 23.5 Å². The third-order valence-corrected chi connectivity index (χ3v) is 3.92. The largest absolute Gasteiger partial charge is 0.487 e. The molecule has 1 aliphatic carbocycles. The van der Waals surface area contributed by atoms with Crippen LogP contribution < -0.4 is 15.8 Å². The Balaban J connectivity index is 2.20. The molecule has 2 atom stereocenters. The van der Waals surface area contributed by atoms with Gasteiger partial charge >= 0.3 is 5.69 Å². The van der Waals surface area contributed by atoms with Gasteiger partial charge in [0.05, 0.1) is 11.5 Å². The molecule has 7 heteroatoms. The summed E-state index contributed by atoms with van der Waals surface area (Å²) >= 11 is 0. The number of amides is 1. The van der Waals surface area contributed by atoms with Gasteiger partial charge in [0.1, 0.15) is 5.69 Å². The summed E-state index contributed by atoms with van der Waals surface area (Å²) in [6.07, 6.45) is 3.13. The lowest BCUT2D eigenvalue weighted by Crippen LogP contribution is -2.34. The number of hydrogen-bond acceptors (Lipinski definition) is 5. The van der Waals surface area contributed by atoms with E-state index in [1.807, 2.05) is 0 Å². The molecule has 0 radical (unpaired) electrons. The fourth-order valence-corrected chi connectivity index (χ4v) is 2.90. The van der Waals surface area contributed by atoms with Crippen molar-refractivity contribution in [3.63, 3.8) is 0 Å². The molecule has 1 aromatic rings. The monoisotopic (exact) mass is 307 g/mol. The number of primary amides is 1. The number of nitro benzene ring substituents is 1. The molecular formula is C15H21N3O4. The number of rotatable bonds is 6. The average molecular weight is 307 g/mol. The minimum absolute atomic E-state index is 0.00169. The molecule has 1 amide bonds. The van der Waals surface area contributed by atoms with E-state index in [-0.39, 0.29) is 29.3 Å². The summed E-state index contributed by atoms with van der Waals surface area (Å²) in [5, 5.41) is 14.5. The molecular weight excluding hydrogens is 286 g/mol. The number of hydrogen-bond donors (Lipinski definition) is 2. The first kappa shape index (κ1) is 16.1. The van der Waals surface area contributed by atoms with Crippen LogP contribution in [0.15, 0.2) is 18.2 Å². The topological polar surface area (TPSA) is 107 Å². The van der Waals surface area contributed by atoms with Gasteiger partial charge in [-0.3, -0.25) is 14.9 Å². The number of nitro groups is 1. The van der Waals surface area contributed by atoms with Crippen molar-refractivity contribution in [1.29, 1.82) is 0 Å². The van der Waals surface area contributed by atoms with Crippen LogP contribution >= 0.6 is 0 Å². The van der Waals surface area contributed by atoms with Gasteiger partial charge in [0, 0.05) is 12.0 Å². The molecule has 1 aliphatic rings. The zero-order chi connectivity index (χ0) is 16.1. The van der Waals surface area contributed by atoms with E-state index >= 15 is 0 Å². The highest BCUT2D eigenvalue weighted by Crippen LogP contribution is 2.36. The van der Waals surface area contributed by atoms with E-state index in [1.165, 1.54) is 0 Å². The van der Waals surface area contributed by atoms with Crippen molar-refractivity contribution >= 4 is 17.3 Å². The van der Waals surface area contributed by atoms with E-state index in [2.05, 4.69) is 5.32 Å². The Morgan fingerprint density at radius 1 is 1.50 bits per heavy atom. The second-order valence-electron chi connectivity index (χ2n) is 5.45. The smallest absolute Gasteiger partial charge is 0.333 e. The van der Waals surface area contributed by atoms with Crippen molar-refractivity contribution in [3.8, 4) is 5.75 Å². The van der Waals surface area contributed by atoms with Gasteiger partial charge < -0.3 is 15.8 Å². The number of ether oxygens (including phenoxy) is 1. The van der Waals surface area contributed by atoms with Crippen LogP contribution in [-0.2, 0) is 4.79 Å². The summed E-state index contributed by atoms with van der Waals surface area (Å²) in [6.45, 7) is 2.14. The Hall–Kier alpha value is -2.31. The molecule has 1 aromatic carbocycles. The Kier molecular flexibility index (Phi) is 5.19. The van der Waals surface area contributed by atoms with Crippen LogP contribution in [0.5, 0.6) is 5.75 Å². The van der Waals surface area contributed by atoms with Crippen molar-refractivity contribution in [1.82, 2.24) is 0 Å². The molecule has 120 valence electrons. The number of nitrogens with one attached hydrogen (secondary N) is 1. The van der Waals surface area contributed by atoms with Crippen molar-refractivity contribution < 1.29 is 14.5 Å². The van der Waals surface area contributed by atoms with Crippen LogP contribution in [0, 0.1) is 16.0 Å². The first-order valence-electron chi connectivity index (χ1n) is 7.49. The van der Waals surface area contributed by atoms with Crippen molar-refractivity contribution in [2.45, 2.75) is 38.6 Å². The SMILES string of the molecule is CCOc1cccc(NC2CCCC(C(N)=O)C2)c1[N+](=O)[O-]. The van der Waals surface area contributed by atoms with Crippen LogP contribution in [0.2, 0.25) is 0 Å². The fraction of sp³-hybridized carbons (Fsp3) is 0.533. The van der Waals surface area contributed by atoms with Crippen LogP contribution in [0.25, 0.3) is 0 Å². The first-order chi connectivity index (χ1) is 10.5. The molecule has 0 aliphatic heterocycles. The third-order valence-electron chi connectivity index (χ3n) is 3.92. The van der Waals surface area contributed by atoms with Gasteiger partial charge in [-0.2, -0.15) is 0 Å². The van der Waals surface area contributed by atoms with Gasteiger partial charge in [-0.15, -0.1) is 0 Å². The normalized spacial score (nSPS) is 21.1. The zero-order valence-electron chi connectivity index (χ0n) is 12.6. The molecule has 2 unspecified atom stereocenters. The Morgan fingerprint density at radius 3 is 2.91 bits per heavy atom. The number of benzene rings is 1. The number of carbonyl (C=O) groups is 1. The number of nitrogens with zero attached hydrogens (tertiary/aromatic N) is 1. The van der Waals surface area contributed by atoms with Gasteiger partial charge in [0.2, 0.25) is 5.91 Å². The minimum Gasteiger partial charge on any atom is -0.487 e. The number of nitrogens with two attached hydrogens (primary N) is 1. The number of para-hydroxylation sites is 1. The standard InChI is InChI=1S/C15H21N3O4/c1-2-22-13-8-4-7-12(14(13)18(20)21)17-11-6-3-5-10(9-11)15(16)19/h4,7-8,10-11,17H,2-3,5-6,9H2,1H3,(H2,16,19). The van der Waals surface area contributed by atoms with E-state index in [1.54, 1.807) is 25.1 Å². The molecule has 1 fully saturated rings. The number of anilines is 1. The quantitative estimate of drug-likeness (QED) is 0.620. The molecule has 0 heterocycles.